The van der Waals surface area contributed by atoms with E-state index in [1.807, 2.05) is 13.8 Å². The summed E-state index contributed by atoms with van der Waals surface area (Å²) in [5, 5.41) is 10.0. The average molecular weight is 401 g/mol. The maximum absolute atomic E-state index is 15.0. The van der Waals surface area contributed by atoms with E-state index >= 15 is 4.39 Å². The zero-order valence-electron chi connectivity index (χ0n) is 17.1. The number of esters is 1. The topological polar surface area (TPSA) is 55.8 Å². The summed E-state index contributed by atoms with van der Waals surface area (Å²) in [5.74, 6) is -0.452. The zero-order chi connectivity index (χ0) is 20.7. The van der Waals surface area contributed by atoms with E-state index in [2.05, 4.69) is 4.74 Å². The molecule has 2 unspecified atom stereocenters. The van der Waals surface area contributed by atoms with Crippen LogP contribution in [0, 0.1) is 17.8 Å². The quantitative estimate of drug-likeness (QED) is 0.438. The number of allylic oxidation sites excluding steroid dienone is 2. The second kappa shape index (κ2) is 11.1. The Kier molecular flexibility index (Phi) is 9.09. The molecular weight excluding hydrogens is 366 g/mol. The molecule has 8 atom stereocenters. The van der Waals surface area contributed by atoms with Crippen LogP contribution in [-0.2, 0) is 14.3 Å². The fourth-order valence-corrected chi connectivity index (χ4v) is 4.30. The molecule has 0 radical (unpaired) electrons. The van der Waals surface area contributed by atoms with Crippen LogP contribution >= 0.6 is 0 Å². The van der Waals surface area contributed by atoms with Crippen molar-refractivity contribution in [1.29, 1.82) is 0 Å². The predicted octanol–water partition coefficient (Wildman–Crippen LogP) is 4.32. The fourth-order valence-electron chi connectivity index (χ4n) is 4.30. The first-order valence-electron chi connectivity index (χ1n) is 10.4. The van der Waals surface area contributed by atoms with Gasteiger partial charge in [-0.2, -0.15) is 0 Å². The van der Waals surface area contributed by atoms with Gasteiger partial charge < -0.3 is 14.6 Å². The van der Waals surface area contributed by atoms with Gasteiger partial charge in [0.2, 0.25) is 0 Å². The van der Waals surface area contributed by atoms with Gasteiger partial charge in [0.1, 0.15) is 24.6 Å². The van der Waals surface area contributed by atoms with Crippen LogP contribution in [-0.4, -0.2) is 48.8 Å². The highest BCUT2D eigenvalue weighted by Crippen LogP contribution is 2.48. The third-order valence-electron chi connectivity index (χ3n) is 5.95. The number of fused-ring (bicyclic) bond motifs is 1. The summed E-state index contributed by atoms with van der Waals surface area (Å²) in [5.41, 5.74) is 0. The van der Waals surface area contributed by atoms with Crippen LogP contribution in [0.15, 0.2) is 24.3 Å². The molecule has 1 saturated heterocycles. The number of methoxy groups -OCH3 is 1. The Labute approximate surface area is 167 Å². The highest BCUT2D eigenvalue weighted by Gasteiger charge is 2.53. The summed E-state index contributed by atoms with van der Waals surface area (Å²) in [6.45, 7) is 4.03. The first kappa shape index (κ1) is 23.0. The molecule has 1 N–H and O–H groups in total. The second-order valence-corrected chi connectivity index (χ2v) is 8.03. The number of hydrogen-bond donors (Lipinski definition) is 1. The fraction of sp³-hybridized carbons (Fsp3) is 0.773. The van der Waals surface area contributed by atoms with Gasteiger partial charge >= 0.3 is 5.97 Å². The number of carbonyl (C=O) groups excluding carboxylic acids is 1. The Morgan fingerprint density at radius 2 is 2.14 bits per heavy atom. The van der Waals surface area contributed by atoms with Crippen molar-refractivity contribution in [2.45, 2.75) is 83.0 Å². The maximum Gasteiger partial charge on any atom is 0.305 e. The van der Waals surface area contributed by atoms with Gasteiger partial charge in [-0.3, -0.25) is 4.79 Å². The van der Waals surface area contributed by atoms with E-state index in [9.17, 15) is 14.3 Å². The number of aliphatic hydroxyl groups excluding tert-OH is 1. The van der Waals surface area contributed by atoms with Crippen molar-refractivity contribution in [3.63, 3.8) is 0 Å². The largest absolute Gasteiger partial charge is 0.469 e. The molecule has 1 aliphatic heterocycles. The lowest BCUT2D eigenvalue weighted by molar-refractivity contribution is -0.140. The third-order valence-corrected chi connectivity index (χ3v) is 5.95. The van der Waals surface area contributed by atoms with Crippen molar-refractivity contribution in [1.82, 2.24) is 0 Å². The summed E-state index contributed by atoms with van der Waals surface area (Å²) in [7, 11) is 1.34. The van der Waals surface area contributed by atoms with Gasteiger partial charge in [0.15, 0.2) is 0 Å². The zero-order valence-corrected chi connectivity index (χ0v) is 17.1. The molecule has 0 bridgehead atoms. The van der Waals surface area contributed by atoms with Crippen LogP contribution in [0.2, 0.25) is 0 Å². The molecule has 1 saturated carbocycles. The summed E-state index contributed by atoms with van der Waals surface area (Å²) >= 11 is 0. The van der Waals surface area contributed by atoms with Crippen molar-refractivity contribution in [3.8, 4) is 0 Å². The van der Waals surface area contributed by atoms with Gasteiger partial charge in [0, 0.05) is 12.3 Å². The van der Waals surface area contributed by atoms with Gasteiger partial charge in [-0.1, -0.05) is 51.0 Å². The first-order chi connectivity index (χ1) is 13.4. The normalized spacial score (nSPS) is 34.8. The number of hydrogen-bond acceptors (Lipinski definition) is 4. The molecule has 4 nitrogen and oxygen atoms in total. The van der Waals surface area contributed by atoms with Crippen LogP contribution in [0.25, 0.3) is 0 Å². The minimum atomic E-state index is -1.28. The van der Waals surface area contributed by atoms with Crippen LogP contribution in [0.1, 0.15) is 52.4 Å². The molecule has 6 heteroatoms. The van der Waals surface area contributed by atoms with Crippen molar-refractivity contribution >= 4 is 5.97 Å². The Hall–Kier alpha value is -1.27. The number of unbranched alkanes of at least 4 members (excludes halogenated alkanes) is 1. The summed E-state index contributed by atoms with van der Waals surface area (Å²) in [6.07, 6.45) is 5.79. The molecule has 160 valence electrons. The molecule has 0 spiro atoms. The molecule has 2 fully saturated rings. The van der Waals surface area contributed by atoms with E-state index in [0.717, 1.165) is 19.3 Å². The van der Waals surface area contributed by atoms with E-state index in [-0.39, 0.29) is 36.2 Å². The predicted molar refractivity (Wildman–Crippen MR) is 104 cm³/mol. The number of aliphatic hydroxyl groups is 1. The van der Waals surface area contributed by atoms with Crippen molar-refractivity contribution in [2.75, 3.05) is 7.11 Å². The lowest BCUT2D eigenvalue weighted by Crippen LogP contribution is -2.27. The van der Waals surface area contributed by atoms with Crippen molar-refractivity contribution < 1.29 is 28.2 Å². The Morgan fingerprint density at radius 1 is 1.39 bits per heavy atom. The molecular formula is C22H34F2O4. The number of halogens is 2. The molecule has 0 aromatic carbocycles. The van der Waals surface area contributed by atoms with Gasteiger partial charge in [0.25, 0.3) is 0 Å². The standard InChI is InChI=1S/C22H34F2O4/c1-4-5-8-16(23)17(25)12-11-15-14(2)13-19-21(15)22(24)18(28-19)9-6-7-10-20(26)27-3/h6,9,11-12,14-19,21-22,25H,4-5,7-8,10,13H2,1-3H3/b9-6+,12-11+/t14-,15+,16?,17-,18-,19-,21-,22?/m1/s1. The van der Waals surface area contributed by atoms with Gasteiger partial charge in [-0.15, -0.1) is 0 Å². The minimum absolute atomic E-state index is 0.0819. The monoisotopic (exact) mass is 400 g/mol. The van der Waals surface area contributed by atoms with Crippen LogP contribution in [0.5, 0.6) is 0 Å². The first-order valence-corrected chi connectivity index (χ1v) is 10.4. The molecule has 0 aromatic heterocycles. The van der Waals surface area contributed by atoms with Gasteiger partial charge in [0.05, 0.1) is 13.2 Å². The van der Waals surface area contributed by atoms with Gasteiger partial charge in [-0.05, 0) is 31.1 Å². The van der Waals surface area contributed by atoms with E-state index in [0.29, 0.717) is 12.8 Å². The number of ether oxygens (including phenoxy) is 2. The third kappa shape index (κ3) is 5.86. The summed E-state index contributed by atoms with van der Waals surface area (Å²) < 4.78 is 39.5. The van der Waals surface area contributed by atoms with E-state index in [1.54, 1.807) is 18.2 Å². The average Bonchev–Trinajstić information content (AvgIpc) is 3.15. The Bertz CT molecular complexity index is 551. The molecule has 2 rings (SSSR count). The number of rotatable bonds is 10. The SMILES string of the molecule is CCCCC(F)[C@H](O)/C=C/[C@@H]1[C@H]2C(F)[C@@H](/C=C/CCC(=O)OC)O[C@@H]2C[C@H]1C. The van der Waals surface area contributed by atoms with Crippen LogP contribution < -0.4 is 0 Å². The summed E-state index contributed by atoms with van der Waals surface area (Å²) in [4.78, 5) is 11.1. The highest BCUT2D eigenvalue weighted by molar-refractivity contribution is 5.69. The minimum Gasteiger partial charge on any atom is -0.469 e. The van der Waals surface area contributed by atoms with E-state index in [1.165, 1.54) is 13.2 Å². The van der Waals surface area contributed by atoms with Gasteiger partial charge in [-0.25, -0.2) is 8.78 Å². The Morgan fingerprint density at radius 3 is 2.82 bits per heavy atom. The van der Waals surface area contributed by atoms with Crippen molar-refractivity contribution in [2.24, 2.45) is 17.8 Å². The maximum atomic E-state index is 15.0. The smallest absolute Gasteiger partial charge is 0.305 e. The Balaban J connectivity index is 1.93. The second-order valence-electron chi connectivity index (χ2n) is 8.03. The number of alkyl halides is 2. The molecule has 1 aliphatic carbocycles. The lowest BCUT2D eigenvalue weighted by Gasteiger charge is -2.21. The van der Waals surface area contributed by atoms with E-state index < -0.39 is 24.6 Å². The van der Waals surface area contributed by atoms with Crippen LogP contribution in [0.4, 0.5) is 8.78 Å². The molecule has 0 aromatic rings. The van der Waals surface area contributed by atoms with Crippen molar-refractivity contribution in [3.05, 3.63) is 24.3 Å². The number of carbonyl (C=O) groups is 1. The molecule has 1 heterocycles. The van der Waals surface area contributed by atoms with Crippen LogP contribution in [0.3, 0.4) is 0 Å². The molecule has 28 heavy (non-hydrogen) atoms. The highest BCUT2D eigenvalue weighted by atomic mass is 19.1. The molecule has 0 amide bonds. The summed E-state index contributed by atoms with van der Waals surface area (Å²) in [6, 6.07) is 0. The molecule has 2 aliphatic rings. The van der Waals surface area contributed by atoms with E-state index in [4.69, 9.17) is 4.74 Å². The lowest BCUT2D eigenvalue weighted by atomic mass is 9.85.